The summed E-state index contributed by atoms with van der Waals surface area (Å²) in [6.45, 7) is 8.58. The van der Waals surface area contributed by atoms with Crippen molar-refractivity contribution in [2.45, 2.75) is 33.2 Å². The smallest absolute Gasteiger partial charge is 0.323 e. The number of hydrogen-bond acceptors (Lipinski definition) is 3. The van der Waals surface area contributed by atoms with E-state index in [1.54, 1.807) is 0 Å². The van der Waals surface area contributed by atoms with Crippen LogP contribution in [0.1, 0.15) is 27.2 Å². The highest BCUT2D eigenvalue weighted by atomic mass is 16.5. The van der Waals surface area contributed by atoms with Crippen molar-refractivity contribution >= 4 is 5.97 Å². The van der Waals surface area contributed by atoms with Gasteiger partial charge in [-0.25, -0.2) is 0 Å². The quantitative estimate of drug-likeness (QED) is 0.620. The van der Waals surface area contributed by atoms with Crippen LogP contribution < -0.4 is 0 Å². The minimum absolute atomic E-state index is 0.0138. The highest BCUT2D eigenvalue weighted by molar-refractivity contribution is 5.76. The van der Waals surface area contributed by atoms with E-state index in [0.717, 1.165) is 19.5 Å². The topological polar surface area (TPSA) is 29.5 Å². The van der Waals surface area contributed by atoms with Crippen molar-refractivity contribution in [2.24, 2.45) is 5.92 Å². The molecule has 3 nitrogen and oxygen atoms in total. The van der Waals surface area contributed by atoms with Crippen LogP contribution in [0.25, 0.3) is 0 Å². The molecule has 1 saturated heterocycles. The SMILES string of the molecule is CCOC(=O)C1CC(C)CN1CC. The summed E-state index contributed by atoms with van der Waals surface area (Å²) in [6, 6.07) is 0.0138. The number of likely N-dealkylation sites (N-methyl/N-ethyl adjacent to an activating group) is 1. The van der Waals surface area contributed by atoms with E-state index in [2.05, 4.69) is 18.7 Å². The number of nitrogens with zero attached hydrogens (tertiary/aromatic N) is 1. The van der Waals surface area contributed by atoms with Crippen LogP contribution in [0.5, 0.6) is 0 Å². The first kappa shape index (κ1) is 10.5. The van der Waals surface area contributed by atoms with Gasteiger partial charge in [-0.15, -0.1) is 0 Å². The Hall–Kier alpha value is -0.570. The molecule has 0 saturated carbocycles. The molecule has 76 valence electrons. The summed E-state index contributed by atoms with van der Waals surface area (Å²) >= 11 is 0. The normalized spacial score (nSPS) is 29.2. The van der Waals surface area contributed by atoms with E-state index in [0.29, 0.717) is 12.5 Å². The van der Waals surface area contributed by atoms with Crippen LogP contribution in [-0.2, 0) is 9.53 Å². The van der Waals surface area contributed by atoms with Gasteiger partial charge in [0.25, 0.3) is 0 Å². The number of ether oxygens (including phenoxy) is 1. The Morgan fingerprint density at radius 3 is 2.77 bits per heavy atom. The third kappa shape index (κ3) is 2.44. The molecule has 1 fully saturated rings. The molecule has 1 aliphatic heterocycles. The molecule has 3 heteroatoms. The van der Waals surface area contributed by atoms with Gasteiger partial charge in [0.15, 0.2) is 0 Å². The molecule has 0 aromatic heterocycles. The maximum Gasteiger partial charge on any atom is 0.323 e. The summed E-state index contributed by atoms with van der Waals surface area (Å²) in [5.74, 6) is 0.572. The lowest BCUT2D eigenvalue weighted by Crippen LogP contribution is -2.37. The molecule has 2 atom stereocenters. The fourth-order valence-corrected chi connectivity index (χ4v) is 1.97. The molecular formula is C10H19NO2. The second-order valence-electron chi connectivity index (χ2n) is 3.70. The van der Waals surface area contributed by atoms with Gasteiger partial charge in [-0.05, 0) is 25.8 Å². The first-order chi connectivity index (χ1) is 6.19. The Morgan fingerprint density at radius 2 is 2.23 bits per heavy atom. The van der Waals surface area contributed by atoms with Crippen molar-refractivity contribution in [2.75, 3.05) is 19.7 Å². The Labute approximate surface area is 80.1 Å². The third-order valence-corrected chi connectivity index (χ3v) is 2.58. The molecule has 13 heavy (non-hydrogen) atoms. The second-order valence-corrected chi connectivity index (χ2v) is 3.70. The molecule has 0 spiro atoms. The first-order valence-corrected chi connectivity index (χ1v) is 5.09. The van der Waals surface area contributed by atoms with Crippen molar-refractivity contribution in [1.82, 2.24) is 4.90 Å². The lowest BCUT2D eigenvalue weighted by molar-refractivity contribution is -0.148. The number of esters is 1. The van der Waals surface area contributed by atoms with Crippen molar-refractivity contribution in [3.8, 4) is 0 Å². The molecule has 1 rings (SSSR count). The van der Waals surface area contributed by atoms with E-state index >= 15 is 0 Å². The minimum atomic E-state index is -0.0475. The highest BCUT2D eigenvalue weighted by Crippen LogP contribution is 2.23. The standard InChI is InChI=1S/C10H19NO2/c1-4-11-7-8(3)6-9(11)10(12)13-5-2/h8-9H,4-7H2,1-3H3. The maximum atomic E-state index is 11.5. The largest absolute Gasteiger partial charge is 0.465 e. The number of rotatable bonds is 3. The number of hydrogen-bond donors (Lipinski definition) is 0. The van der Waals surface area contributed by atoms with E-state index in [9.17, 15) is 4.79 Å². The Balaban J connectivity index is 2.52. The van der Waals surface area contributed by atoms with Crippen LogP contribution in [0, 0.1) is 5.92 Å². The van der Waals surface area contributed by atoms with E-state index in [4.69, 9.17) is 4.74 Å². The van der Waals surface area contributed by atoms with Crippen LogP contribution in [0.4, 0.5) is 0 Å². The molecule has 0 N–H and O–H groups in total. The van der Waals surface area contributed by atoms with E-state index < -0.39 is 0 Å². The van der Waals surface area contributed by atoms with Gasteiger partial charge in [0.05, 0.1) is 6.61 Å². The highest BCUT2D eigenvalue weighted by Gasteiger charge is 2.34. The lowest BCUT2D eigenvalue weighted by Gasteiger charge is -2.20. The van der Waals surface area contributed by atoms with Gasteiger partial charge in [0.1, 0.15) is 6.04 Å². The Kier molecular flexibility index (Phi) is 3.72. The van der Waals surface area contributed by atoms with Gasteiger partial charge in [-0.1, -0.05) is 13.8 Å². The zero-order chi connectivity index (χ0) is 9.84. The monoisotopic (exact) mass is 185 g/mol. The fraction of sp³-hybridized carbons (Fsp3) is 0.900. The van der Waals surface area contributed by atoms with Crippen LogP contribution >= 0.6 is 0 Å². The Bertz CT molecular complexity index is 182. The van der Waals surface area contributed by atoms with Gasteiger partial charge < -0.3 is 4.74 Å². The van der Waals surface area contributed by atoms with Crippen LogP contribution in [-0.4, -0.2) is 36.6 Å². The average molecular weight is 185 g/mol. The van der Waals surface area contributed by atoms with E-state index in [1.807, 2.05) is 6.92 Å². The molecule has 0 amide bonds. The fourth-order valence-electron chi connectivity index (χ4n) is 1.97. The van der Waals surface area contributed by atoms with Crippen molar-refractivity contribution in [3.63, 3.8) is 0 Å². The summed E-state index contributed by atoms with van der Waals surface area (Å²) in [5, 5.41) is 0. The molecule has 0 aromatic carbocycles. The summed E-state index contributed by atoms with van der Waals surface area (Å²) < 4.78 is 5.03. The third-order valence-electron chi connectivity index (χ3n) is 2.58. The van der Waals surface area contributed by atoms with Gasteiger partial charge in [-0.2, -0.15) is 0 Å². The molecule has 1 aliphatic rings. The van der Waals surface area contributed by atoms with Gasteiger partial charge >= 0.3 is 5.97 Å². The van der Waals surface area contributed by atoms with Crippen LogP contribution in [0.3, 0.4) is 0 Å². The maximum absolute atomic E-state index is 11.5. The average Bonchev–Trinajstić information content (AvgIpc) is 2.47. The number of likely N-dealkylation sites (tertiary alicyclic amines) is 1. The zero-order valence-electron chi connectivity index (χ0n) is 8.75. The summed E-state index contributed by atoms with van der Waals surface area (Å²) in [6.07, 6.45) is 0.951. The zero-order valence-corrected chi connectivity index (χ0v) is 8.75. The molecule has 0 bridgehead atoms. The molecular weight excluding hydrogens is 166 g/mol. The van der Waals surface area contributed by atoms with Gasteiger partial charge in [-0.3, -0.25) is 9.69 Å². The van der Waals surface area contributed by atoms with Crippen molar-refractivity contribution in [3.05, 3.63) is 0 Å². The van der Waals surface area contributed by atoms with Crippen molar-refractivity contribution in [1.29, 1.82) is 0 Å². The predicted molar refractivity (Wildman–Crippen MR) is 51.4 cm³/mol. The molecule has 2 unspecified atom stereocenters. The number of carbonyl (C=O) groups excluding carboxylic acids is 1. The van der Waals surface area contributed by atoms with Gasteiger partial charge in [0.2, 0.25) is 0 Å². The molecule has 0 aliphatic carbocycles. The first-order valence-electron chi connectivity index (χ1n) is 5.09. The van der Waals surface area contributed by atoms with E-state index in [-0.39, 0.29) is 12.0 Å². The minimum Gasteiger partial charge on any atom is -0.465 e. The summed E-state index contributed by atoms with van der Waals surface area (Å²) in [7, 11) is 0. The Morgan fingerprint density at radius 1 is 1.54 bits per heavy atom. The molecule has 1 heterocycles. The lowest BCUT2D eigenvalue weighted by atomic mass is 10.1. The van der Waals surface area contributed by atoms with Crippen LogP contribution in [0.2, 0.25) is 0 Å². The summed E-state index contributed by atoms with van der Waals surface area (Å²) in [4.78, 5) is 13.7. The van der Waals surface area contributed by atoms with E-state index in [1.165, 1.54) is 0 Å². The molecule has 0 aromatic rings. The summed E-state index contributed by atoms with van der Waals surface area (Å²) in [5.41, 5.74) is 0. The van der Waals surface area contributed by atoms with Gasteiger partial charge in [0, 0.05) is 6.54 Å². The molecule has 0 radical (unpaired) electrons. The second kappa shape index (κ2) is 4.61. The van der Waals surface area contributed by atoms with Crippen molar-refractivity contribution < 1.29 is 9.53 Å². The van der Waals surface area contributed by atoms with Crippen LogP contribution in [0.15, 0.2) is 0 Å². The number of carbonyl (C=O) groups is 1. The predicted octanol–water partition coefficient (Wildman–Crippen LogP) is 1.28.